The Bertz CT molecular complexity index is 1030. The van der Waals surface area contributed by atoms with E-state index in [2.05, 4.69) is 32.3 Å². The Labute approximate surface area is 201 Å². The molecule has 35 heavy (non-hydrogen) atoms. The third kappa shape index (κ3) is 6.52. The number of carboxylic acids is 1. The minimum absolute atomic E-state index is 0.220. The van der Waals surface area contributed by atoms with E-state index in [1.807, 2.05) is 12.1 Å². The number of ether oxygens (including phenoxy) is 1. The molecule has 1 saturated heterocycles. The van der Waals surface area contributed by atoms with Crippen molar-refractivity contribution < 1.29 is 27.8 Å². The molecule has 1 N–H and O–H groups in total. The molecule has 190 valence electrons. The third-order valence-corrected chi connectivity index (χ3v) is 6.51. The first-order chi connectivity index (χ1) is 16.8. The number of carboxylic acid groups (broad SMARTS) is 1. The second-order valence-electron chi connectivity index (χ2n) is 9.00. The molecule has 4 rings (SSSR count). The number of unbranched alkanes of at least 4 members (excludes halogenated alkanes) is 3. The number of halogens is 3. The lowest BCUT2D eigenvalue weighted by atomic mass is 9.89. The number of aromatic nitrogens is 3. The zero-order valence-corrected chi connectivity index (χ0v) is 19.5. The minimum Gasteiger partial charge on any atom is -0.494 e. The van der Waals surface area contributed by atoms with Crippen molar-refractivity contribution in [3.8, 4) is 5.75 Å². The second kappa shape index (κ2) is 11.1. The van der Waals surface area contributed by atoms with Gasteiger partial charge in [0.15, 0.2) is 5.82 Å². The highest BCUT2D eigenvalue weighted by molar-refractivity contribution is 5.83. The predicted octanol–water partition coefficient (Wildman–Crippen LogP) is 4.70. The summed E-state index contributed by atoms with van der Waals surface area (Å²) in [6.07, 6.45) is 1.83. The van der Waals surface area contributed by atoms with Crippen LogP contribution in [0.5, 0.6) is 5.75 Å². The van der Waals surface area contributed by atoms with E-state index in [4.69, 9.17) is 9.84 Å². The fraction of sp³-hybridized carbons (Fsp3) is 0.583. The molecule has 0 atom stereocenters. The molecule has 8 nitrogen and oxygen atoms in total. The van der Waals surface area contributed by atoms with Crippen molar-refractivity contribution in [2.75, 3.05) is 19.7 Å². The highest BCUT2D eigenvalue weighted by atomic mass is 19.4. The van der Waals surface area contributed by atoms with Crippen LogP contribution in [0.25, 0.3) is 0 Å². The maximum atomic E-state index is 13.2. The average molecular weight is 494 g/mol. The fourth-order valence-corrected chi connectivity index (χ4v) is 4.59. The maximum Gasteiger partial charge on any atom is 0.453 e. The highest BCUT2D eigenvalue weighted by Gasteiger charge is 2.40. The number of hydrogen-bond donors (Lipinski definition) is 1. The summed E-state index contributed by atoms with van der Waals surface area (Å²) in [6, 6.07) is 8.12. The monoisotopic (exact) mass is 493 g/mol. The van der Waals surface area contributed by atoms with Crippen LogP contribution in [0.3, 0.4) is 0 Å². The Morgan fingerprint density at radius 3 is 2.43 bits per heavy atom. The summed E-state index contributed by atoms with van der Waals surface area (Å²) in [5.41, 5.74) is 1.23. The standard InChI is InChI=1S/C24H30F3N5O3/c25-24(26,27)23-29-28-20-10-11-21(30-32(20)23)31-14-12-18(13-15-31)17-6-8-19(9-7-17)35-16-4-2-1-3-5-22(33)34/h6-9,18H,1-5,10-16H2,(H,33,34). The summed E-state index contributed by atoms with van der Waals surface area (Å²) in [7, 11) is 0. The van der Waals surface area contributed by atoms with Crippen molar-refractivity contribution in [1.29, 1.82) is 0 Å². The largest absolute Gasteiger partial charge is 0.494 e. The molecule has 1 aromatic heterocycles. The molecule has 0 aliphatic carbocycles. The van der Waals surface area contributed by atoms with Gasteiger partial charge in [-0.25, -0.2) is 0 Å². The van der Waals surface area contributed by atoms with E-state index in [1.54, 1.807) is 0 Å². The normalized spacial score (nSPS) is 16.7. The summed E-state index contributed by atoms with van der Waals surface area (Å²) >= 11 is 0. The molecule has 3 heterocycles. The summed E-state index contributed by atoms with van der Waals surface area (Å²) in [4.78, 5) is 12.6. The van der Waals surface area contributed by atoms with Crippen molar-refractivity contribution in [2.24, 2.45) is 5.10 Å². The maximum absolute atomic E-state index is 13.2. The average Bonchev–Trinajstić information content (AvgIpc) is 3.28. The topological polar surface area (TPSA) is 92.8 Å². The zero-order valence-electron chi connectivity index (χ0n) is 19.5. The molecule has 2 aromatic rings. The smallest absolute Gasteiger partial charge is 0.453 e. The number of amidine groups is 1. The number of benzene rings is 1. The number of hydrogen-bond acceptors (Lipinski definition) is 6. The molecule has 1 fully saturated rings. The molecule has 2 aliphatic rings. The molecular weight excluding hydrogens is 463 g/mol. The van der Waals surface area contributed by atoms with Gasteiger partial charge in [0.25, 0.3) is 5.82 Å². The molecular formula is C24H30F3N5O3. The van der Waals surface area contributed by atoms with Crippen LogP contribution >= 0.6 is 0 Å². The highest BCUT2D eigenvalue weighted by Crippen LogP contribution is 2.32. The number of nitrogens with zero attached hydrogens (tertiary/aromatic N) is 5. The van der Waals surface area contributed by atoms with Gasteiger partial charge in [-0.1, -0.05) is 25.0 Å². The third-order valence-electron chi connectivity index (χ3n) is 6.51. The summed E-state index contributed by atoms with van der Waals surface area (Å²) in [5, 5.41) is 19.8. The quantitative estimate of drug-likeness (QED) is 0.509. The lowest BCUT2D eigenvalue weighted by Crippen LogP contribution is -2.40. The van der Waals surface area contributed by atoms with E-state index in [1.165, 1.54) is 5.56 Å². The van der Waals surface area contributed by atoms with Crippen molar-refractivity contribution in [1.82, 2.24) is 19.8 Å². The Morgan fingerprint density at radius 2 is 1.74 bits per heavy atom. The van der Waals surface area contributed by atoms with Crippen molar-refractivity contribution in [3.63, 3.8) is 0 Å². The molecule has 11 heteroatoms. The molecule has 0 radical (unpaired) electrons. The molecule has 0 saturated carbocycles. The van der Waals surface area contributed by atoms with E-state index >= 15 is 0 Å². The van der Waals surface area contributed by atoms with Gasteiger partial charge < -0.3 is 14.7 Å². The number of fused-ring (bicyclic) bond motifs is 1. The number of rotatable bonds is 9. The van der Waals surface area contributed by atoms with Crippen LogP contribution in [0.1, 0.15) is 74.5 Å². The van der Waals surface area contributed by atoms with Gasteiger partial charge in [-0.2, -0.15) is 22.9 Å². The predicted molar refractivity (Wildman–Crippen MR) is 122 cm³/mol. The number of carbonyl (C=O) groups is 1. The van der Waals surface area contributed by atoms with Gasteiger partial charge in [0, 0.05) is 32.4 Å². The van der Waals surface area contributed by atoms with Crippen LogP contribution in [0.4, 0.5) is 13.2 Å². The van der Waals surface area contributed by atoms with Crippen molar-refractivity contribution in [2.45, 2.75) is 69.9 Å². The number of piperidine rings is 1. The van der Waals surface area contributed by atoms with Crippen molar-refractivity contribution in [3.05, 3.63) is 41.5 Å². The van der Waals surface area contributed by atoms with Crippen LogP contribution in [0.2, 0.25) is 0 Å². The number of likely N-dealkylation sites (tertiary alicyclic amines) is 1. The first kappa shape index (κ1) is 25.0. The lowest BCUT2D eigenvalue weighted by molar-refractivity contribution is -0.147. The molecule has 2 aliphatic heterocycles. The molecule has 0 unspecified atom stereocenters. The number of alkyl halides is 3. The van der Waals surface area contributed by atoms with Gasteiger partial charge >= 0.3 is 12.1 Å². The van der Waals surface area contributed by atoms with Crippen LogP contribution < -0.4 is 4.74 Å². The Balaban J connectivity index is 1.23. The van der Waals surface area contributed by atoms with Gasteiger partial charge in [-0.15, -0.1) is 10.2 Å². The Kier molecular flexibility index (Phi) is 7.92. The second-order valence-corrected chi connectivity index (χ2v) is 9.00. The van der Waals surface area contributed by atoms with Crippen molar-refractivity contribution >= 4 is 11.8 Å². The van der Waals surface area contributed by atoms with Crippen LogP contribution in [-0.2, 0) is 17.4 Å². The molecule has 0 spiro atoms. The fourth-order valence-electron chi connectivity index (χ4n) is 4.59. The van der Waals surface area contributed by atoms with Gasteiger partial charge in [0.2, 0.25) is 0 Å². The van der Waals surface area contributed by atoms with Gasteiger partial charge in [0.1, 0.15) is 11.6 Å². The van der Waals surface area contributed by atoms with Gasteiger partial charge in [0.05, 0.1) is 6.61 Å². The minimum atomic E-state index is -4.58. The van der Waals surface area contributed by atoms with Gasteiger partial charge in [-0.3, -0.25) is 4.79 Å². The first-order valence-corrected chi connectivity index (χ1v) is 12.1. The Morgan fingerprint density at radius 1 is 1.03 bits per heavy atom. The van der Waals surface area contributed by atoms with Crippen LogP contribution in [0, 0.1) is 0 Å². The van der Waals surface area contributed by atoms with E-state index in [0.29, 0.717) is 37.6 Å². The molecule has 1 aromatic carbocycles. The van der Waals surface area contributed by atoms with E-state index in [9.17, 15) is 18.0 Å². The summed E-state index contributed by atoms with van der Waals surface area (Å²) in [5.74, 6) is 0.290. The lowest BCUT2D eigenvalue weighted by Gasteiger charge is -2.35. The van der Waals surface area contributed by atoms with E-state index in [-0.39, 0.29) is 12.2 Å². The van der Waals surface area contributed by atoms with Crippen LogP contribution in [-0.4, -0.2) is 56.4 Å². The Hall–Kier alpha value is -3.11. The van der Waals surface area contributed by atoms with E-state index in [0.717, 1.165) is 55.6 Å². The first-order valence-electron chi connectivity index (χ1n) is 12.1. The SMILES string of the molecule is O=C(O)CCCCCCOc1ccc(C2CCN(C3=Nn4c(nnc4C(F)(F)F)CC3)CC2)cc1. The zero-order chi connectivity index (χ0) is 24.8. The number of aryl methyl sites for hydroxylation is 1. The number of aliphatic carboxylic acids is 1. The molecule has 0 amide bonds. The van der Waals surface area contributed by atoms with E-state index < -0.39 is 18.0 Å². The molecule has 0 bridgehead atoms. The summed E-state index contributed by atoms with van der Waals surface area (Å²) in [6.45, 7) is 2.09. The van der Waals surface area contributed by atoms with Gasteiger partial charge in [-0.05, 0) is 49.3 Å². The van der Waals surface area contributed by atoms with Crippen LogP contribution in [0.15, 0.2) is 29.4 Å². The summed E-state index contributed by atoms with van der Waals surface area (Å²) < 4.78 is 46.1.